The Bertz CT molecular complexity index is 462. The molecule has 1 N–H and O–H groups in total. The molecule has 1 aromatic heterocycles. The summed E-state index contributed by atoms with van der Waals surface area (Å²) in [6.07, 6.45) is 2.37. The Hall–Kier alpha value is -1.16. The fourth-order valence-corrected chi connectivity index (χ4v) is 2.65. The normalized spacial score (nSPS) is 22.2. The van der Waals surface area contributed by atoms with Gasteiger partial charge in [0.25, 0.3) is 0 Å². The zero-order chi connectivity index (χ0) is 12.9. The second-order valence-electron chi connectivity index (χ2n) is 6.11. The average Bonchev–Trinajstić information content (AvgIpc) is 3.07. The van der Waals surface area contributed by atoms with E-state index in [9.17, 15) is 5.11 Å². The smallest absolute Gasteiger partial charge is 0.133 e. The van der Waals surface area contributed by atoms with Crippen molar-refractivity contribution in [1.29, 1.82) is 0 Å². The van der Waals surface area contributed by atoms with Crippen molar-refractivity contribution in [2.45, 2.75) is 45.1 Å². The summed E-state index contributed by atoms with van der Waals surface area (Å²) in [6, 6.07) is 2.01. The van der Waals surface area contributed by atoms with Crippen molar-refractivity contribution >= 4 is 5.82 Å². The Kier molecular flexibility index (Phi) is 2.59. The first-order valence-corrected chi connectivity index (χ1v) is 6.81. The number of nitrogens with zero attached hydrogens (tertiary/aromatic N) is 3. The lowest BCUT2D eigenvalue weighted by atomic mass is 9.89. The zero-order valence-corrected chi connectivity index (χ0v) is 11.3. The molecule has 0 radical (unpaired) electrons. The van der Waals surface area contributed by atoms with E-state index in [0.29, 0.717) is 11.8 Å². The van der Waals surface area contributed by atoms with E-state index < -0.39 is 5.60 Å². The highest BCUT2D eigenvalue weighted by atomic mass is 16.3. The van der Waals surface area contributed by atoms with Crippen LogP contribution in [0.4, 0.5) is 5.82 Å². The highest BCUT2D eigenvalue weighted by molar-refractivity contribution is 5.45. The number of anilines is 1. The maximum absolute atomic E-state index is 10.3. The minimum Gasteiger partial charge on any atom is -0.386 e. The van der Waals surface area contributed by atoms with Crippen LogP contribution in [0.1, 0.15) is 44.1 Å². The van der Waals surface area contributed by atoms with Gasteiger partial charge in [-0.3, -0.25) is 0 Å². The summed E-state index contributed by atoms with van der Waals surface area (Å²) in [5.41, 5.74) is 0.558. The summed E-state index contributed by atoms with van der Waals surface area (Å²) in [6.45, 7) is 7.67. The fourth-order valence-electron chi connectivity index (χ4n) is 2.65. The Morgan fingerprint density at radius 3 is 2.56 bits per heavy atom. The number of aliphatic hydroxyl groups is 1. The first kappa shape index (κ1) is 11.9. The second-order valence-corrected chi connectivity index (χ2v) is 6.11. The summed E-state index contributed by atoms with van der Waals surface area (Å²) >= 11 is 0. The molecule has 0 amide bonds. The molecule has 3 rings (SSSR count). The third-order valence-corrected chi connectivity index (χ3v) is 3.96. The first-order valence-electron chi connectivity index (χ1n) is 6.81. The Labute approximate surface area is 108 Å². The van der Waals surface area contributed by atoms with Gasteiger partial charge in [-0.1, -0.05) is 13.8 Å². The Balaban J connectivity index is 1.77. The molecular formula is C14H21N3O. The molecular weight excluding hydrogens is 226 g/mol. The van der Waals surface area contributed by atoms with Crippen LogP contribution in [0.3, 0.4) is 0 Å². The standard InChI is InChI=1S/C14H21N3O/c1-9(2)13-15-10(3)6-12(16-13)17-7-14(18,8-17)11-4-5-11/h6,9,11,18H,4-5,7-8H2,1-3H3. The molecule has 0 aromatic carbocycles. The largest absolute Gasteiger partial charge is 0.386 e. The maximum atomic E-state index is 10.3. The van der Waals surface area contributed by atoms with Gasteiger partial charge in [0.15, 0.2) is 0 Å². The van der Waals surface area contributed by atoms with Gasteiger partial charge in [0.1, 0.15) is 17.2 Å². The molecule has 0 unspecified atom stereocenters. The molecule has 2 heterocycles. The summed E-state index contributed by atoms with van der Waals surface area (Å²) in [5, 5.41) is 10.3. The SMILES string of the molecule is Cc1cc(N2CC(O)(C3CC3)C2)nc(C(C)C)n1. The van der Waals surface area contributed by atoms with Gasteiger partial charge in [0.05, 0.1) is 13.1 Å². The van der Waals surface area contributed by atoms with Gasteiger partial charge in [0, 0.05) is 17.7 Å². The molecule has 0 bridgehead atoms. The first-order chi connectivity index (χ1) is 8.48. The summed E-state index contributed by atoms with van der Waals surface area (Å²) < 4.78 is 0. The van der Waals surface area contributed by atoms with Crippen molar-refractivity contribution in [3.05, 3.63) is 17.6 Å². The van der Waals surface area contributed by atoms with Gasteiger partial charge < -0.3 is 10.0 Å². The van der Waals surface area contributed by atoms with Crippen LogP contribution >= 0.6 is 0 Å². The number of aromatic nitrogens is 2. The van der Waals surface area contributed by atoms with Gasteiger partial charge in [-0.2, -0.15) is 0 Å². The quantitative estimate of drug-likeness (QED) is 0.886. The lowest BCUT2D eigenvalue weighted by Crippen LogP contribution is -2.63. The predicted molar refractivity (Wildman–Crippen MR) is 70.7 cm³/mol. The molecule has 1 saturated carbocycles. The number of hydrogen-bond acceptors (Lipinski definition) is 4. The van der Waals surface area contributed by atoms with Gasteiger partial charge >= 0.3 is 0 Å². The van der Waals surface area contributed by atoms with Crippen molar-refractivity contribution in [1.82, 2.24) is 9.97 Å². The van der Waals surface area contributed by atoms with Gasteiger partial charge in [0.2, 0.25) is 0 Å². The van der Waals surface area contributed by atoms with E-state index in [4.69, 9.17) is 0 Å². The third kappa shape index (κ3) is 1.99. The molecule has 1 saturated heterocycles. The van der Waals surface area contributed by atoms with E-state index in [0.717, 1.165) is 30.4 Å². The van der Waals surface area contributed by atoms with E-state index in [1.807, 2.05) is 13.0 Å². The number of hydrogen-bond donors (Lipinski definition) is 1. The summed E-state index contributed by atoms with van der Waals surface area (Å²) in [4.78, 5) is 11.2. The van der Waals surface area contributed by atoms with Crippen molar-refractivity contribution < 1.29 is 5.11 Å². The van der Waals surface area contributed by atoms with E-state index in [1.165, 1.54) is 12.8 Å². The topological polar surface area (TPSA) is 49.2 Å². The van der Waals surface area contributed by atoms with Gasteiger partial charge in [-0.15, -0.1) is 0 Å². The van der Waals surface area contributed by atoms with E-state index in [1.54, 1.807) is 0 Å². The van der Waals surface area contributed by atoms with Crippen LogP contribution in [0.2, 0.25) is 0 Å². The maximum Gasteiger partial charge on any atom is 0.133 e. The molecule has 1 aliphatic carbocycles. The van der Waals surface area contributed by atoms with Crippen LogP contribution in [0.15, 0.2) is 6.07 Å². The zero-order valence-electron chi connectivity index (χ0n) is 11.3. The molecule has 2 fully saturated rings. The fraction of sp³-hybridized carbons (Fsp3) is 0.714. The van der Waals surface area contributed by atoms with Crippen LogP contribution in [-0.4, -0.2) is 33.8 Å². The van der Waals surface area contributed by atoms with Crippen molar-refractivity contribution in [3.63, 3.8) is 0 Å². The molecule has 1 aromatic rings. The van der Waals surface area contributed by atoms with Gasteiger partial charge in [-0.25, -0.2) is 9.97 Å². The highest BCUT2D eigenvalue weighted by Crippen LogP contribution is 2.45. The molecule has 4 nitrogen and oxygen atoms in total. The van der Waals surface area contributed by atoms with E-state index in [2.05, 4.69) is 28.7 Å². The molecule has 4 heteroatoms. The van der Waals surface area contributed by atoms with Crippen molar-refractivity contribution in [2.24, 2.45) is 5.92 Å². The molecule has 2 aliphatic rings. The minimum absolute atomic E-state index is 0.340. The van der Waals surface area contributed by atoms with Crippen LogP contribution in [0.25, 0.3) is 0 Å². The third-order valence-electron chi connectivity index (χ3n) is 3.96. The summed E-state index contributed by atoms with van der Waals surface area (Å²) in [7, 11) is 0. The van der Waals surface area contributed by atoms with Crippen LogP contribution in [0, 0.1) is 12.8 Å². The van der Waals surface area contributed by atoms with E-state index in [-0.39, 0.29) is 0 Å². The minimum atomic E-state index is -0.448. The number of aryl methyl sites for hydroxylation is 1. The van der Waals surface area contributed by atoms with Crippen LogP contribution < -0.4 is 4.90 Å². The van der Waals surface area contributed by atoms with Crippen LogP contribution in [0.5, 0.6) is 0 Å². The van der Waals surface area contributed by atoms with Crippen LogP contribution in [-0.2, 0) is 0 Å². The predicted octanol–water partition coefficient (Wildman–Crippen LogP) is 1.87. The second kappa shape index (κ2) is 3.92. The lowest BCUT2D eigenvalue weighted by molar-refractivity contribution is -0.00978. The number of β-amino-alcohol motifs (C(OH)–C–C–N with tert-alkyl or cyclic N) is 1. The molecule has 1 aliphatic heterocycles. The van der Waals surface area contributed by atoms with E-state index >= 15 is 0 Å². The molecule has 0 spiro atoms. The van der Waals surface area contributed by atoms with Gasteiger partial charge in [-0.05, 0) is 25.7 Å². The molecule has 0 atom stereocenters. The van der Waals surface area contributed by atoms with Crippen molar-refractivity contribution in [2.75, 3.05) is 18.0 Å². The monoisotopic (exact) mass is 247 g/mol. The van der Waals surface area contributed by atoms with Crippen molar-refractivity contribution in [3.8, 4) is 0 Å². The highest BCUT2D eigenvalue weighted by Gasteiger charge is 2.52. The summed E-state index contributed by atoms with van der Waals surface area (Å²) in [5.74, 6) is 2.73. The molecule has 18 heavy (non-hydrogen) atoms. The Morgan fingerprint density at radius 2 is 2.00 bits per heavy atom. The molecule has 98 valence electrons. The lowest BCUT2D eigenvalue weighted by Gasteiger charge is -2.47. The average molecular weight is 247 g/mol. The Morgan fingerprint density at radius 1 is 1.33 bits per heavy atom. The number of rotatable bonds is 3.